The van der Waals surface area contributed by atoms with Crippen molar-refractivity contribution in [2.75, 3.05) is 18.6 Å². The normalized spacial score (nSPS) is 12.4. The van der Waals surface area contributed by atoms with Gasteiger partial charge in [0.1, 0.15) is 15.6 Å². The van der Waals surface area contributed by atoms with E-state index in [9.17, 15) is 8.42 Å². The molecule has 1 aromatic rings. The van der Waals surface area contributed by atoms with Crippen LogP contribution in [0, 0.1) is 0 Å². The zero-order valence-electron chi connectivity index (χ0n) is 11.6. The molecule has 0 atom stereocenters. The van der Waals surface area contributed by atoms with Crippen LogP contribution in [0.3, 0.4) is 0 Å². The van der Waals surface area contributed by atoms with Crippen molar-refractivity contribution in [2.45, 2.75) is 32.6 Å². The van der Waals surface area contributed by atoms with E-state index in [1.165, 1.54) is 6.26 Å². The third-order valence-electron chi connectivity index (χ3n) is 2.61. The summed E-state index contributed by atoms with van der Waals surface area (Å²) >= 11 is 0. The third kappa shape index (κ3) is 5.08. The second-order valence-corrected chi connectivity index (χ2v) is 7.84. The number of sulfone groups is 1. The standard InChI is InChI=1S/C14H22O3S/c1-14(2,3)12-8-5-6-9-13(12)17-10-7-11-18(4,15)16/h5-6,8-9H,7,10-11H2,1-4H3. The summed E-state index contributed by atoms with van der Waals surface area (Å²) in [5.74, 6) is 1.02. The summed E-state index contributed by atoms with van der Waals surface area (Å²) in [6, 6.07) is 7.90. The minimum absolute atomic E-state index is 0.0213. The number of hydrogen-bond acceptors (Lipinski definition) is 3. The Kier molecular flexibility index (Phi) is 4.79. The predicted molar refractivity (Wildman–Crippen MR) is 75.0 cm³/mol. The number of benzene rings is 1. The Labute approximate surface area is 110 Å². The second kappa shape index (κ2) is 5.74. The van der Waals surface area contributed by atoms with Crippen molar-refractivity contribution in [1.82, 2.24) is 0 Å². The van der Waals surface area contributed by atoms with Crippen LogP contribution in [0.15, 0.2) is 24.3 Å². The highest BCUT2D eigenvalue weighted by Crippen LogP contribution is 2.30. The van der Waals surface area contributed by atoms with Gasteiger partial charge in [0.25, 0.3) is 0 Å². The van der Waals surface area contributed by atoms with Gasteiger partial charge in [0.05, 0.1) is 12.4 Å². The first-order chi connectivity index (χ1) is 8.20. The third-order valence-corrected chi connectivity index (χ3v) is 3.64. The van der Waals surface area contributed by atoms with Crippen molar-refractivity contribution in [1.29, 1.82) is 0 Å². The molecule has 0 radical (unpaired) electrons. The Morgan fingerprint density at radius 3 is 2.33 bits per heavy atom. The zero-order valence-corrected chi connectivity index (χ0v) is 12.4. The highest BCUT2D eigenvalue weighted by Gasteiger charge is 2.18. The fourth-order valence-electron chi connectivity index (χ4n) is 1.72. The zero-order chi connectivity index (χ0) is 13.8. The lowest BCUT2D eigenvalue weighted by atomic mass is 9.86. The Balaban J connectivity index is 2.63. The van der Waals surface area contributed by atoms with Crippen LogP contribution in [0.2, 0.25) is 0 Å². The molecule has 0 aliphatic heterocycles. The van der Waals surface area contributed by atoms with Crippen molar-refractivity contribution in [3.63, 3.8) is 0 Å². The monoisotopic (exact) mass is 270 g/mol. The molecule has 0 fully saturated rings. The molecule has 18 heavy (non-hydrogen) atoms. The number of para-hydroxylation sites is 1. The van der Waals surface area contributed by atoms with E-state index in [1.807, 2.05) is 24.3 Å². The summed E-state index contributed by atoms with van der Waals surface area (Å²) in [7, 11) is -2.90. The van der Waals surface area contributed by atoms with Crippen molar-refractivity contribution in [3.8, 4) is 5.75 Å². The van der Waals surface area contributed by atoms with E-state index in [1.54, 1.807) is 0 Å². The molecule has 3 nitrogen and oxygen atoms in total. The Morgan fingerprint density at radius 1 is 1.17 bits per heavy atom. The van der Waals surface area contributed by atoms with E-state index in [4.69, 9.17) is 4.74 Å². The minimum atomic E-state index is -2.90. The molecule has 0 spiro atoms. The molecule has 0 aromatic heterocycles. The SMILES string of the molecule is CC(C)(C)c1ccccc1OCCCS(C)(=O)=O. The molecule has 102 valence electrons. The molecular weight excluding hydrogens is 248 g/mol. The van der Waals surface area contributed by atoms with Gasteiger partial charge in [-0.05, 0) is 23.5 Å². The van der Waals surface area contributed by atoms with Gasteiger partial charge in [-0.1, -0.05) is 39.0 Å². The number of rotatable bonds is 5. The molecule has 0 unspecified atom stereocenters. The molecule has 0 aliphatic carbocycles. The van der Waals surface area contributed by atoms with Crippen molar-refractivity contribution in [3.05, 3.63) is 29.8 Å². The molecule has 1 rings (SSSR count). The Bertz CT molecular complexity index is 484. The molecule has 0 bridgehead atoms. The maximum Gasteiger partial charge on any atom is 0.147 e. The van der Waals surface area contributed by atoms with Gasteiger partial charge in [0, 0.05) is 6.26 Å². The smallest absolute Gasteiger partial charge is 0.147 e. The molecule has 0 heterocycles. The minimum Gasteiger partial charge on any atom is -0.493 e. The molecular formula is C14H22O3S. The van der Waals surface area contributed by atoms with Gasteiger partial charge in [-0.15, -0.1) is 0 Å². The van der Waals surface area contributed by atoms with Crippen LogP contribution in [-0.2, 0) is 15.3 Å². The van der Waals surface area contributed by atoms with Crippen LogP contribution in [0.1, 0.15) is 32.8 Å². The van der Waals surface area contributed by atoms with Gasteiger partial charge in [-0.25, -0.2) is 8.42 Å². The van der Waals surface area contributed by atoms with Crippen LogP contribution in [0.25, 0.3) is 0 Å². The van der Waals surface area contributed by atoms with Gasteiger partial charge in [-0.3, -0.25) is 0 Å². The van der Waals surface area contributed by atoms with E-state index in [-0.39, 0.29) is 11.2 Å². The van der Waals surface area contributed by atoms with Gasteiger partial charge in [0.2, 0.25) is 0 Å². The summed E-state index contributed by atoms with van der Waals surface area (Å²) in [5.41, 5.74) is 1.16. The molecule has 4 heteroatoms. The molecule has 0 saturated carbocycles. The van der Waals surface area contributed by atoms with Gasteiger partial charge in [-0.2, -0.15) is 0 Å². The molecule has 0 amide bonds. The van der Waals surface area contributed by atoms with E-state index < -0.39 is 9.84 Å². The lowest BCUT2D eigenvalue weighted by Crippen LogP contribution is -2.14. The van der Waals surface area contributed by atoms with E-state index in [0.29, 0.717) is 13.0 Å². The predicted octanol–water partition coefficient (Wildman–Crippen LogP) is 2.80. The summed E-state index contributed by atoms with van der Waals surface area (Å²) in [6.45, 7) is 6.82. The molecule has 1 aromatic carbocycles. The summed E-state index contributed by atoms with van der Waals surface area (Å²) in [5, 5.41) is 0. The highest BCUT2D eigenvalue weighted by molar-refractivity contribution is 7.90. The van der Waals surface area contributed by atoms with Crippen molar-refractivity contribution < 1.29 is 13.2 Å². The Hall–Kier alpha value is -1.03. The van der Waals surface area contributed by atoms with Crippen LogP contribution in [0.5, 0.6) is 5.75 Å². The topological polar surface area (TPSA) is 43.4 Å². The van der Waals surface area contributed by atoms with Gasteiger partial charge >= 0.3 is 0 Å². The highest BCUT2D eigenvalue weighted by atomic mass is 32.2. The quantitative estimate of drug-likeness (QED) is 0.773. The maximum atomic E-state index is 11.0. The molecule has 0 saturated heterocycles. The van der Waals surface area contributed by atoms with Crippen LogP contribution >= 0.6 is 0 Å². The molecule has 0 N–H and O–H groups in total. The lowest BCUT2D eigenvalue weighted by Gasteiger charge is -2.22. The Morgan fingerprint density at radius 2 is 1.78 bits per heavy atom. The van der Waals surface area contributed by atoms with Gasteiger partial charge in [0.15, 0.2) is 0 Å². The van der Waals surface area contributed by atoms with Crippen LogP contribution < -0.4 is 4.74 Å². The number of hydrogen-bond donors (Lipinski definition) is 0. The van der Waals surface area contributed by atoms with E-state index in [2.05, 4.69) is 20.8 Å². The average Bonchev–Trinajstić information content (AvgIpc) is 2.22. The van der Waals surface area contributed by atoms with Crippen molar-refractivity contribution >= 4 is 9.84 Å². The fourth-order valence-corrected chi connectivity index (χ4v) is 2.36. The van der Waals surface area contributed by atoms with E-state index in [0.717, 1.165) is 11.3 Å². The van der Waals surface area contributed by atoms with Crippen LogP contribution in [0.4, 0.5) is 0 Å². The average molecular weight is 270 g/mol. The molecule has 0 aliphatic rings. The fraction of sp³-hybridized carbons (Fsp3) is 0.571. The first-order valence-electron chi connectivity index (χ1n) is 6.10. The summed E-state index contributed by atoms with van der Waals surface area (Å²) in [4.78, 5) is 0. The lowest BCUT2D eigenvalue weighted by molar-refractivity contribution is 0.309. The van der Waals surface area contributed by atoms with E-state index >= 15 is 0 Å². The van der Waals surface area contributed by atoms with Crippen LogP contribution in [-0.4, -0.2) is 27.0 Å². The summed E-state index contributed by atoms with van der Waals surface area (Å²) < 4.78 is 27.7. The van der Waals surface area contributed by atoms with Gasteiger partial charge < -0.3 is 4.74 Å². The first kappa shape index (κ1) is 15.0. The maximum absolute atomic E-state index is 11.0. The first-order valence-corrected chi connectivity index (χ1v) is 8.16. The number of ether oxygens (including phenoxy) is 1. The summed E-state index contributed by atoms with van der Waals surface area (Å²) in [6.07, 6.45) is 1.77. The van der Waals surface area contributed by atoms with Crippen molar-refractivity contribution in [2.24, 2.45) is 0 Å². The second-order valence-electron chi connectivity index (χ2n) is 5.58. The largest absolute Gasteiger partial charge is 0.493 e.